The standard InChI is InChI=1S/C27H37N3O2/c1-26(2,3)20-12-11-19(18-23(20)32-4)25(31)29-16-13-27(14-17-29)24-10-7-15-30(24)22-9-6-5-8-21(22)28-27/h7,10-12,15,18,21-22,28H,5-6,8-9,13-14,16-17H2,1-4H3/t21-,22-/m0/s1. The maximum absolute atomic E-state index is 13.4. The number of hydrogen-bond acceptors (Lipinski definition) is 3. The topological polar surface area (TPSA) is 46.5 Å². The number of rotatable bonds is 2. The van der Waals surface area contributed by atoms with Gasteiger partial charge in [-0.3, -0.25) is 4.79 Å². The van der Waals surface area contributed by atoms with Crippen molar-refractivity contribution < 1.29 is 9.53 Å². The molecule has 1 saturated carbocycles. The number of carbonyl (C=O) groups is 1. The van der Waals surface area contributed by atoms with Gasteiger partial charge in [0.15, 0.2) is 0 Å². The molecule has 3 aliphatic rings. The van der Waals surface area contributed by atoms with Crippen molar-refractivity contribution in [3.63, 3.8) is 0 Å². The summed E-state index contributed by atoms with van der Waals surface area (Å²) in [4.78, 5) is 15.4. The molecule has 32 heavy (non-hydrogen) atoms. The molecule has 0 radical (unpaired) electrons. The maximum atomic E-state index is 13.4. The Kier molecular flexibility index (Phi) is 5.36. The molecule has 1 aliphatic carbocycles. The fourth-order valence-electron chi connectivity index (χ4n) is 6.25. The number of likely N-dealkylation sites (tertiary alicyclic amines) is 1. The van der Waals surface area contributed by atoms with E-state index in [1.165, 1.54) is 31.4 Å². The van der Waals surface area contributed by atoms with Gasteiger partial charge in [0.1, 0.15) is 5.75 Å². The van der Waals surface area contributed by atoms with Crippen LogP contribution in [0.3, 0.4) is 0 Å². The zero-order chi connectivity index (χ0) is 22.5. The van der Waals surface area contributed by atoms with Gasteiger partial charge in [0, 0.05) is 42.6 Å². The van der Waals surface area contributed by atoms with Crippen LogP contribution in [0.15, 0.2) is 36.5 Å². The van der Waals surface area contributed by atoms with Crippen LogP contribution in [0.5, 0.6) is 5.75 Å². The minimum absolute atomic E-state index is 0.00737. The summed E-state index contributed by atoms with van der Waals surface area (Å²) >= 11 is 0. The molecular weight excluding hydrogens is 398 g/mol. The Hall–Kier alpha value is -2.27. The molecule has 1 spiro atoms. The molecule has 5 rings (SSSR count). The fourth-order valence-corrected chi connectivity index (χ4v) is 6.25. The zero-order valence-corrected chi connectivity index (χ0v) is 20.0. The first-order valence-electron chi connectivity index (χ1n) is 12.3. The number of amides is 1. The molecule has 2 atom stereocenters. The highest BCUT2D eigenvalue weighted by Crippen LogP contribution is 2.44. The van der Waals surface area contributed by atoms with Gasteiger partial charge in [-0.25, -0.2) is 0 Å². The van der Waals surface area contributed by atoms with Gasteiger partial charge in [0.2, 0.25) is 0 Å². The lowest BCUT2D eigenvalue weighted by atomic mass is 9.77. The van der Waals surface area contributed by atoms with Gasteiger partial charge in [-0.05, 0) is 60.9 Å². The Morgan fingerprint density at radius 1 is 1.12 bits per heavy atom. The van der Waals surface area contributed by atoms with Crippen molar-refractivity contribution in [3.05, 3.63) is 53.3 Å². The summed E-state index contributed by atoms with van der Waals surface area (Å²) in [5, 5.41) is 4.08. The van der Waals surface area contributed by atoms with Crippen LogP contribution in [0.4, 0.5) is 0 Å². The van der Waals surface area contributed by atoms with E-state index in [9.17, 15) is 4.79 Å². The number of fused-ring (bicyclic) bond motifs is 4. The van der Waals surface area contributed by atoms with Gasteiger partial charge in [0.25, 0.3) is 5.91 Å². The summed E-state index contributed by atoms with van der Waals surface area (Å²) in [6, 6.07) is 11.6. The Morgan fingerprint density at radius 3 is 2.59 bits per heavy atom. The van der Waals surface area contributed by atoms with Crippen LogP contribution in [0.25, 0.3) is 0 Å². The van der Waals surface area contributed by atoms with E-state index in [4.69, 9.17) is 4.74 Å². The normalized spacial score (nSPS) is 24.7. The van der Waals surface area contributed by atoms with E-state index in [0.29, 0.717) is 12.1 Å². The second kappa shape index (κ2) is 7.95. The van der Waals surface area contributed by atoms with Crippen LogP contribution in [0.2, 0.25) is 0 Å². The SMILES string of the molecule is COc1cc(C(=O)N2CCC3(CC2)N[C@H]2CCCC[C@@H]2n2cccc23)ccc1C(C)(C)C. The summed E-state index contributed by atoms with van der Waals surface area (Å²) in [6.45, 7) is 8.05. The number of nitrogens with one attached hydrogen (secondary N) is 1. The van der Waals surface area contributed by atoms with Gasteiger partial charge >= 0.3 is 0 Å². The van der Waals surface area contributed by atoms with Gasteiger partial charge < -0.3 is 19.5 Å². The third kappa shape index (κ3) is 3.55. The van der Waals surface area contributed by atoms with Gasteiger partial charge in [-0.1, -0.05) is 39.7 Å². The molecule has 1 amide bonds. The van der Waals surface area contributed by atoms with Crippen molar-refractivity contribution in [1.29, 1.82) is 0 Å². The number of piperidine rings is 1. The van der Waals surface area contributed by atoms with Crippen molar-refractivity contribution in [2.45, 2.75) is 82.3 Å². The minimum atomic E-state index is -0.0248. The average molecular weight is 436 g/mol. The van der Waals surface area contributed by atoms with Crippen LogP contribution in [0.1, 0.15) is 87.0 Å². The predicted molar refractivity (Wildman–Crippen MR) is 127 cm³/mol. The average Bonchev–Trinajstić information content (AvgIpc) is 3.30. The van der Waals surface area contributed by atoms with E-state index >= 15 is 0 Å². The second-order valence-electron chi connectivity index (χ2n) is 10.9. The van der Waals surface area contributed by atoms with Crippen LogP contribution in [-0.2, 0) is 11.0 Å². The van der Waals surface area contributed by atoms with Crippen molar-refractivity contribution in [3.8, 4) is 5.75 Å². The molecule has 2 aliphatic heterocycles. The molecule has 3 heterocycles. The quantitative estimate of drug-likeness (QED) is 0.721. The smallest absolute Gasteiger partial charge is 0.253 e. The molecule has 0 unspecified atom stereocenters. The Balaban J connectivity index is 1.34. The van der Waals surface area contributed by atoms with Crippen molar-refractivity contribution in [2.24, 2.45) is 0 Å². The summed E-state index contributed by atoms with van der Waals surface area (Å²) in [5.41, 5.74) is 3.24. The maximum Gasteiger partial charge on any atom is 0.253 e. The summed E-state index contributed by atoms with van der Waals surface area (Å²) < 4.78 is 8.19. The third-order valence-corrected chi connectivity index (χ3v) is 7.98. The molecule has 1 N–H and O–H groups in total. The molecule has 1 aromatic heterocycles. The Morgan fingerprint density at radius 2 is 1.88 bits per heavy atom. The second-order valence-corrected chi connectivity index (χ2v) is 10.9. The van der Waals surface area contributed by atoms with Crippen LogP contribution < -0.4 is 10.1 Å². The highest BCUT2D eigenvalue weighted by molar-refractivity contribution is 5.95. The lowest BCUT2D eigenvalue weighted by molar-refractivity contribution is 0.0512. The first kappa shape index (κ1) is 21.6. The molecule has 5 nitrogen and oxygen atoms in total. The molecular formula is C27H37N3O2. The molecule has 1 aromatic carbocycles. The molecule has 5 heteroatoms. The van der Waals surface area contributed by atoms with Crippen LogP contribution in [0, 0.1) is 0 Å². The van der Waals surface area contributed by atoms with Gasteiger partial charge in [0.05, 0.1) is 12.6 Å². The summed E-state index contributed by atoms with van der Waals surface area (Å²) in [7, 11) is 1.69. The monoisotopic (exact) mass is 435 g/mol. The number of methoxy groups -OCH3 is 1. The van der Waals surface area contributed by atoms with Crippen molar-refractivity contribution in [1.82, 2.24) is 14.8 Å². The third-order valence-electron chi connectivity index (χ3n) is 7.98. The van der Waals surface area contributed by atoms with E-state index in [-0.39, 0.29) is 16.9 Å². The van der Waals surface area contributed by atoms with Crippen molar-refractivity contribution >= 4 is 5.91 Å². The molecule has 2 fully saturated rings. The summed E-state index contributed by atoms with van der Waals surface area (Å²) in [5.74, 6) is 0.910. The highest BCUT2D eigenvalue weighted by Gasteiger charge is 2.46. The first-order chi connectivity index (χ1) is 15.3. The first-order valence-corrected chi connectivity index (χ1v) is 12.3. The predicted octanol–water partition coefficient (Wildman–Crippen LogP) is 5.01. The van der Waals surface area contributed by atoms with Crippen LogP contribution >= 0.6 is 0 Å². The van der Waals surface area contributed by atoms with E-state index in [1.807, 2.05) is 17.0 Å². The lowest BCUT2D eigenvalue weighted by Gasteiger charge is -2.52. The van der Waals surface area contributed by atoms with Crippen LogP contribution in [-0.4, -0.2) is 41.6 Å². The molecule has 2 aromatic rings. The number of carbonyl (C=O) groups excluding carboxylic acids is 1. The molecule has 172 valence electrons. The Bertz CT molecular complexity index is 995. The lowest BCUT2D eigenvalue weighted by Crippen LogP contribution is -2.61. The number of aromatic nitrogens is 1. The van der Waals surface area contributed by atoms with Crippen molar-refractivity contribution in [2.75, 3.05) is 20.2 Å². The molecule has 0 bridgehead atoms. The number of hydrogen-bond donors (Lipinski definition) is 1. The van der Waals surface area contributed by atoms with Gasteiger partial charge in [-0.2, -0.15) is 0 Å². The Labute approximate surface area is 192 Å². The number of benzene rings is 1. The summed E-state index contributed by atoms with van der Waals surface area (Å²) in [6.07, 6.45) is 9.37. The van der Waals surface area contributed by atoms with E-state index in [2.05, 4.69) is 55.1 Å². The van der Waals surface area contributed by atoms with E-state index in [0.717, 1.165) is 42.8 Å². The fraction of sp³-hybridized carbons (Fsp3) is 0.593. The number of ether oxygens (including phenoxy) is 1. The van der Waals surface area contributed by atoms with E-state index in [1.54, 1.807) is 7.11 Å². The largest absolute Gasteiger partial charge is 0.496 e. The van der Waals surface area contributed by atoms with E-state index < -0.39 is 0 Å². The molecule has 1 saturated heterocycles. The van der Waals surface area contributed by atoms with Gasteiger partial charge in [-0.15, -0.1) is 0 Å². The number of nitrogens with zero attached hydrogens (tertiary/aromatic N) is 2. The minimum Gasteiger partial charge on any atom is -0.496 e. The highest BCUT2D eigenvalue weighted by atomic mass is 16.5. The zero-order valence-electron chi connectivity index (χ0n) is 20.0.